The average molecular weight is 190 g/mol. The number of aliphatic hydroxyl groups excluding tert-OH is 1. The van der Waals surface area contributed by atoms with Crippen molar-refractivity contribution in [3.8, 4) is 0 Å². The molecule has 0 amide bonds. The lowest BCUT2D eigenvalue weighted by atomic mass is 9.80. The molecule has 0 radical (unpaired) electrons. The van der Waals surface area contributed by atoms with Gasteiger partial charge < -0.3 is 14.9 Å². The van der Waals surface area contributed by atoms with Gasteiger partial charge in [0.25, 0.3) is 0 Å². The van der Waals surface area contributed by atoms with Gasteiger partial charge in [0.2, 0.25) is 0 Å². The highest BCUT2D eigenvalue weighted by atomic mass is 18.2. The van der Waals surface area contributed by atoms with Crippen molar-refractivity contribution in [2.24, 2.45) is 0 Å². The maximum absolute atomic E-state index is 10.2. The first-order valence-electron chi connectivity index (χ1n) is 5.09. The van der Waals surface area contributed by atoms with E-state index in [1.165, 1.54) is 0 Å². The summed E-state index contributed by atoms with van der Waals surface area (Å²) in [5.41, 5.74) is -0.685. The third-order valence-electron chi connectivity index (χ3n) is 2.98. The molecule has 1 saturated carbocycles. The monoisotopic (exact) mass is 190 g/mol. The fourth-order valence-corrected chi connectivity index (χ4v) is 2.20. The summed E-state index contributed by atoms with van der Waals surface area (Å²) in [5.74, 6) is 0. The molecule has 0 unspecified atom stereocenters. The zero-order valence-electron chi connectivity index (χ0n) is 8.33. The summed E-state index contributed by atoms with van der Waals surface area (Å²) < 4.78 is 5.27. The Morgan fingerprint density at radius 2 is 2.31 bits per heavy atom. The van der Waals surface area contributed by atoms with Crippen LogP contribution in [0.3, 0.4) is 0 Å². The first-order valence-corrected chi connectivity index (χ1v) is 5.09. The minimum Gasteiger partial charge on any atom is -0.396 e. The van der Waals surface area contributed by atoms with E-state index in [-0.39, 0.29) is 12.7 Å². The Labute approximate surface area is 79.7 Å². The van der Waals surface area contributed by atoms with Crippen LogP contribution in [0.15, 0.2) is 0 Å². The normalized spacial score (nSPS) is 34.8. The highest BCUT2D eigenvalue weighted by molar-refractivity contribution is 4.90. The van der Waals surface area contributed by atoms with E-state index in [0.717, 1.165) is 25.7 Å². The SMILES string of the molecule is CO[C@H]1CCCC[C@]1([18OH])CCCO. The summed E-state index contributed by atoms with van der Waals surface area (Å²) in [6, 6.07) is 0. The molecule has 3 nitrogen and oxygen atoms in total. The summed E-state index contributed by atoms with van der Waals surface area (Å²) in [5, 5.41) is 18.9. The van der Waals surface area contributed by atoms with Gasteiger partial charge in [0.15, 0.2) is 0 Å². The fourth-order valence-electron chi connectivity index (χ4n) is 2.20. The van der Waals surface area contributed by atoms with Crippen molar-refractivity contribution in [1.29, 1.82) is 0 Å². The van der Waals surface area contributed by atoms with Crippen LogP contribution < -0.4 is 0 Å². The van der Waals surface area contributed by atoms with Crippen LogP contribution in [0.5, 0.6) is 0 Å². The highest BCUT2D eigenvalue weighted by Crippen LogP contribution is 2.33. The van der Waals surface area contributed by atoms with Crippen molar-refractivity contribution in [2.45, 2.75) is 50.2 Å². The maximum atomic E-state index is 10.2. The van der Waals surface area contributed by atoms with Gasteiger partial charge in [-0.25, -0.2) is 0 Å². The van der Waals surface area contributed by atoms with E-state index >= 15 is 0 Å². The molecule has 1 aliphatic rings. The van der Waals surface area contributed by atoms with Gasteiger partial charge in [-0.3, -0.25) is 0 Å². The van der Waals surface area contributed by atoms with E-state index in [2.05, 4.69) is 0 Å². The van der Waals surface area contributed by atoms with Gasteiger partial charge in [0.1, 0.15) is 0 Å². The Hall–Kier alpha value is -0.120. The zero-order chi connectivity index (χ0) is 9.73. The number of hydrogen-bond acceptors (Lipinski definition) is 3. The first-order chi connectivity index (χ1) is 6.23. The second kappa shape index (κ2) is 4.94. The molecule has 0 saturated heterocycles. The van der Waals surface area contributed by atoms with Crippen LogP contribution in [0, 0.1) is 0 Å². The lowest BCUT2D eigenvalue weighted by molar-refractivity contribution is -0.122. The Balaban J connectivity index is 2.49. The molecule has 0 aromatic rings. The molecule has 1 aliphatic carbocycles. The summed E-state index contributed by atoms with van der Waals surface area (Å²) in [6.07, 6.45) is 5.25. The number of aliphatic hydroxyl groups is 2. The van der Waals surface area contributed by atoms with Crippen LogP contribution in [0.25, 0.3) is 0 Å². The molecule has 0 aliphatic heterocycles. The van der Waals surface area contributed by atoms with Crippen LogP contribution >= 0.6 is 0 Å². The van der Waals surface area contributed by atoms with E-state index < -0.39 is 5.60 Å². The third kappa shape index (κ3) is 2.66. The van der Waals surface area contributed by atoms with Crippen LogP contribution in [-0.4, -0.2) is 35.6 Å². The average Bonchev–Trinajstić information content (AvgIpc) is 2.16. The summed E-state index contributed by atoms with van der Waals surface area (Å²) >= 11 is 0. The molecule has 0 aromatic heterocycles. The van der Waals surface area contributed by atoms with Gasteiger partial charge in [-0.05, 0) is 25.7 Å². The van der Waals surface area contributed by atoms with Gasteiger partial charge in [-0.2, -0.15) is 0 Å². The molecule has 0 spiro atoms. The van der Waals surface area contributed by atoms with Crippen LogP contribution in [0.4, 0.5) is 0 Å². The Kier molecular flexibility index (Phi) is 4.16. The van der Waals surface area contributed by atoms with Crippen molar-refractivity contribution in [1.82, 2.24) is 0 Å². The fraction of sp³-hybridized carbons (Fsp3) is 1.00. The second-order valence-corrected chi connectivity index (χ2v) is 3.90. The molecular formula is C10H20O3. The van der Waals surface area contributed by atoms with Crippen molar-refractivity contribution in [3.05, 3.63) is 0 Å². The number of ether oxygens (including phenoxy) is 1. The lowest BCUT2D eigenvalue weighted by Crippen LogP contribution is -2.46. The van der Waals surface area contributed by atoms with Crippen molar-refractivity contribution >= 4 is 0 Å². The van der Waals surface area contributed by atoms with Crippen LogP contribution in [-0.2, 0) is 4.74 Å². The topological polar surface area (TPSA) is 49.7 Å². The molecule has 2 N–H and O–H groups in total. The minimum atomic E-state index is -0.685. The first kappa shape index (κ1) is 11.0. The molecular weight excluding hydrogens is 170 g/mol. The summed E-state index contributed by atoms with van der Waals surface area (Å²) in [4.78, 5) is 0. The molecule has 1 rings (SSSR count). The molecule has 78 valence electrons. The zero-order valence-corrected chi connectivity index (χ0v) is 8.33. The predicted molar refractivity (Wildman–Crippen MR) is 50.5 cm³/mol. The van der Waals surface area contributed by atoms with Gasteiger partial charge in [-0.15, -0.1) is 0 Å². The molecule has 2 atom stereocenters. The smallest absolute Gasteiger partial charge is 0.0908 e. The van der Waals surface area contributed by atoms with E-state index in [4.69, 9.17) is 9.84 Å². The van der Waals surface area contributed by atoms with Gasteiger partial charge in [-0.1, -0.05) is 12.8 Å². The number of methoxy groups -OCH3 is 1. The van der Waals surface area contributed by atoms with Crippen molar-refractivity contribution < 1.29 is 14.9 Å². The van der Waals surface area contributed by atoms with Crippen molar-refractivity contribution in [3.63, 3.8) is 0 Å². The van der Waals surface area contributed by atoms with Crippen molar-refractivity contribution in [2.75, 3.05) is 13.7 Å². The Bertz CT molecular complexity index is 149. The van der Waals surface area contributed by atoms with E-state index in [1.807, 2.05) is 0 Å². The molecule has 0 heterocycles. The Morgan fingerprint density at radius 1 is 1.54 bits per heavy atom. The standard InChI is InChI=1S/C10H20O3/c1-13-9-5-2-3-6-10(9,12)7-4-8-11/h9,11-12H,2-8H2,1H3/t9-,10-/m0/s1/i12+2. The van der Waals surface area contributed by atoms with E-state index in [9.17, 15) is 5.11 Å². The third-order valence-corrected chi connectivity index (χ3v) is 2.98. The van der Waals surface area contributed by atoms with Gasteiger partial charge in [0, 0.05) is 13.7 Å². The number of hydrogen-bond donors (Lipinski definition) is 2. The summed E-state index contributed by atoms with van der Waals surface area (Å²) in [7, 11) is 1.65. The van der Waals surface area contributed by atoms with E-state index in [1.54, 1.807) is 7.11 Å². The maximum Gasteiger partial charge on any atom is 0.0908 e. The lowest BCUT2D eigenvalue weighted by Gasteiger charge is -2.39. The predicted octanol–water partition coefficient (Wildman–Crippen LogP) is 1.08. The minimum absolute atomic E-state index is 0.0344. The van der Waals surface area contributed by atoms with Crippen LogP contribution in [0.1, 0.15) is 38.5 Å². The molecule has 13 heavy (non-hydrogen) atoms. The van der Waals surface area contributed by atoms with Crippen LogP contribution in [0.2, 0.25) is 0 Å². The highest BCUT2D eigenvalue weighted by Gasteiger charge is 2.38. The van der Waals surface area contributed by atoms with Gasteiger partial charge >= 0.3 is 0 Å². The molecule has 1 fully saturated rings. The van der Waals surface area contributed by atoms with E-state index in [0.29, 0.717) is 12.8 Å². The van der Waals surface area contributed by atoms with Gasteiger partial charge in [0.05, 0.1) is 11.7 Å². The molecule has 0 bridgehead atoms. The summed E-state index contributed by atoms with van der Waals surface area (Å²) in [6.45, 7) is 0.152. The second-order valence-electron chi connectivity index (χ2n) is 3.90. The largest absolute Gasteiger partial charge is 0.396 e. The molecule has 3 heteroatoms. The molecule has 0 aromatic carbocycles. The number of rotatable bonds is 4. The Morgan fingerprint density at radius 3 is 2.92 bits per heavy atom. The quantitative estimate of drug-likeness (QED) is 0.652.